The topological polar surface area (TPSA) is 99.1 Å². The summed E-state index contributed by atoms with van der Waals surface area (Å²) in [5, 5.41) is 20.2. The Morgan fingerprint density at radius 2 is 2.05 bits per heavy atom. The number of likely N-dealkylation sites (N-methyl/N-ethyl adjacent to an activating group) is 1. The molecule has 7 nitrogen and oxygen atoms in total. The van der Waals surface area contributed by atoms with E-state index in [1.807, 2.05) is 0 Å². The van der Waals surface area contributed by atoms with Gasteiger partial charge in [-0.05, 0) is 19.1 Å². The fraction of sp³-hybridized carbons (Fsp3) is 0.385. The Labute approximate surface area is 116 Å². The summed E-state index contributed by atoms with van der Waals surface area (Å²) in [6.07, 6.45) is 0. The molecule has 7 heteroatoms. The zero-order valence-corrected chi connectivity index (χ0v) is 11.4. The molecule has 2 amide bonds. The van der Waals surface area contributed by atoms with E-state index in [-0.39, 0.29) is 18.4 Å². The van der Waals surface area contributed by atoms with E-state index < -0.39 is 18.6 Å². The number of benzene rings is 1. The highest BCUT2D eigenvalue weighted by Crippen LogP contribution is 2.24. The van der Waals surface area contributed by atoms with Crippen LogP contribution in [0.25, 0.3) is 0 Å². The predicted molar refractivity (Wildman–Crippen MR) is 72.9 cm³/mol. The first-order chi connectivity index (χ1) is 9.45. The normalized spacial score (nSPS) is 11.6. The van der Waals surface area contributed by atoms with Gasteiger partial charge in [-0.1, -0.05) is 12.1 Å². The van der Waals surface area contributed by atoms with Gasteiger partial charge in [-0.2, -0.15) is 0 Å². The molecular formula is C13H18N2O5. The summed E-state index contributed by atoms with van der Waals surface area (Å²) in [4.78, 5) is 23.8. The summed E-state index contributed by atoms with van der Waals surface area (Å²) in [5.41, 5.74) is 0.371. The Morgan fingerprint density at radius 1 is 1.40 bits per heavy atom. The summed E-state index contributed by atoms with van der Waals surface area (Å²) in [5.74, 6) is -0.828. The third-order valence-electron chi connectivity index (χ3n) is 2.73. The first-order valence-corrected chi connectivity index (χ1v) is 6.04. The van der Waals surface area contributed by atoms with Gasteiger partial charge < -0.3 is 25.2 Å². The second kappa shape index (κ2) is 7.34. The SMILES string of the molecule is CC(CO)N(C)C(=O)Nc1ccccc1OCC(=O)O. The molecule has 0 aromatic heterocycles. The van der Waals surface area contributed by atoms with Crippen LogP contribution in [-0.4, -0.2) is 53.4 Å². The fourth-order valence-electron chi connectivity index (χ4n) is 1.36. The van der Waals surface area contributed by atoms with Crippen molar-refractivity contribution < 1.29 is 24.5 Å². The molecule has 0 bridgehead atoms. The van der Waals surface area contributed by atoms with Crippen LogP contribution in [0.1, 0.15) is 6.92 Å². The molecule has 1 atom stereocenters. The average Bonchev–Trinajstić information content (AvgIpc) is 2.44. The lowest BCUT2D eigenvalue weighted by molar-refractivity contribution is -0.139. The molecule has 0 saturated heterocycles. The first-order valence-electron chi connectivity index (χ1n) is 6.04. The lowest BCUT2D eigenvalue weighted by atomic mass is 10.3. The number of aliphatic hydroxyl groups is 1. The van der Waals surface area contributed by atoms with E-state index in [0.29, 0.717) is 5.69 Å². The van der Waals surface area contributed by atoms with Gasteiger partial charge in [-0.25, -0.2) is 9.59 Å². The van der Waals surface area contributed by atoms with Crippen molar-refractivity contribution in [2.45, 2.75) is 13.0 Å². The third-order valence-corrected chi connectivity index (χ3v) is 2.73. The number of para-hydroxylation sites is 2. The minimum atomic E-state index is -1.10. The van der Waals surface area contributed by atoms with Gasteiger partial charge >= 0.3 is 12.0 Å². The van der Waals surface area contributed by atoms with Crippen molar-refractivity contribution in [3.05, 3.63) is 24.3 Å². The molecule has 0 radical (unpaired) electrons. The van der Waals surface area contributed by atoms with Crippen LogP contribution in [-0.2, 0) is 4.79 Å². The van der Waals surface area contributed by atoms with Crippen molar-refractivity contribution in [1.29, 1.82) is 0 Å². The van der Waals surface area contributed by atoms with Crippen LogP contribution in [0.5, 0.6) is 5.75 Å². The zero-order chi connectivity index (χ0) is 15.1. The summed E-state index contributed by atoms with van der Waals surface area (Å²) in [7, 11) is 1.55. The second-order valence-corrected chi connectivity index (χ2v) is 4.25. The lowest BCUT2D eigenvalue weighted by Gasteiger charge is -2.24. The monoisotopic (exact) mass is 282 g/mol. The number of hydrogen-bond donors (Lipinski definition) is 3. The van der Waals surface area contributed by atoms with E-state index in [0.717, 1.165) is 0 Å². The number of rotatable bonds is 6. The number of hydrogen-bond acceptors (Lipinski definition) is 4. The largest absolute Gasteiger partial charge is 0.480 e. The highest BCUT2D eigenvalue weighted by atomic mass is 16.5. The Kier molecular flexibility index (Phi) is 5.79. The molecule has 0 heterocycles. The number of urea groups is 1. The van der Waals surface area contributed by atoms with Crippen molar-refractivity contribution in [2.24, 2.45) is 0 Å². The van der Waals surface area contributed by atoms with E-state index in [1.54, 1.807) is 38.2 Å². The molecule has 3 N–H and O–H groups in total. The minimum Gasteiger partial charge on any atom is -0.480 e. The van der Waals surface area contributed by atoms with Crippen molar-refractivity contribution in [2.75, 3.05) is 25.6 Å². The molecule has 0 saturated carbocycles. The molecule has 110 valence electrons. The maximum absolute atomic E-state index is 11.9. The number of anilines is 1. The van der Waals surface area contributed by atoms with E-state index in [9.17, 15) is 9.59 Å². The van der Waals surface area contributed by atoms with Gasteiger partial charge in [0, 0.05) is 7.05 Å². The number of ether oxygens (including phenoxy) is 1. The Morgan fingerprint density at radius 3 is 2.65 bits per heavy atom. The molecule has 20 heavy (non-hydrogen) atoms. The molecule has 1 unspecified atom stereocenters. The van der Waals surface area contributed by atoms with Gasteiger partial charge in [0.2, 0.25) is 0 Å². The molecule has 0 aliphatic rings. The number of carboxylic acid groups (broad SMARTS) is 1. The molecule has 0 fully saturated rings. The van der Waals surface area contributed by atoms with Crippen molar-refractivity contribution in [1.82, 2.24) is 4.90 Å². The maximum atomic E-state index is 11.9. The lowest BCUT2D eigenvalue weighted by Crippen LogP contribution is -2.40. The van der Waals surface area contributed by atoms with Gasteiger partial charge in [0.05, 0.1) is 18.3 Å². The minimum absolute atomic E-state index is 0.152. The van der Waals surface area contributed by atoms with Crippen LogP contribution in [0.2, 0.25) is 0 Å². The Balaban J connectivity index is 2.76. The van der Waals surface area contributed by atoms with Crippen molar-refractivity contribution in [3.63, 3.8) is 0 Å². The number of carbonyl (C=O) groups is 2. The van der Waals surface area contributed by atoms with Crippen LogP contribution >= 0.6 is 0 Å². The highest BCUT2D eigenvalue weighted by molar-refractivity contribution is 5.91. The van der Waals surface area contributed by atoms with Crippen LogP contribution in [0.4, 0.5) is 10.5 Å². The quantitative estimate of drug-likeness (QED) is 0.722. The number of nitrogens with zero attached hydrogens (tertiary/aromatic N) is 1. The van der Waals surface area contributed by atoms with E-state index in [4.69, 9.17) is 14.9 Å². The molecule has 0 aliphatic heterocycles. The van der Waals surface area contributed by atoms with Crippen molar-refractivity contribution in [3.8, 4) is 5.75 Å². The first kappa shape index (κ1) is 15.8. The third kappa shape index (κ3) is 4.43. The van der Waals surface area contributed by atoms with Crippen LogP contribution in [0.15, 0.2) is 24.3 Å². The standard InChI is InChI=1S/C13H18N2O5/c1-9(7-16)15(2)13(19)14-10-5-3-4-6-11(10)20-8-12(17)18/h3-6,9,16H,7-8H2,1-2H3,(H,14,19)(H,17,18). The molecule has 1 rings (SSSR count). The van der Waals surface area contributed by atoms with Crippen molar-refractivity contribution >= 4 is 17.7 Å². The molecule has 0 spiro atoms. The van der Waals surface area contributed by atoms with Gasteiger partial charge in [0.25, 0.3) is 0 Å². The zero-order valence-electron chi connectivity index (χ0n) is 11.4. The molecular weight excluding hydrogens is 264 g/mol. The van der Waals surface area contributed by atoms with Gasteiger partial charge in [-0.15, -0.1) is 0 Å². The summed E-state index contributed by atoms with van der Waals surface area (Å²) >= 11 is 0. The van der Waals surface area contributed by atoms with E-state index in [1.165, 1.54) is 4.90 Å². The number of amides is 2. The molecule has 1 aromatic carbocycles. The Bertz CT molecular complexity index is 478. The maximum Gasteiger partial charge on any atom is 0.341 e. The summed E-state index contributed by atoms with van der Waals surface area (Å²) in [6, 6.07) is 5.78. The smallest absolute Gasteiger partial charge is 0.341 e. The van der Waals surface area contributed by atoms with Crippen LogP contribution in [0, 0.1) is 0 Å². The van der Waals surface area contributed by atoms with E-state index in [2.05, 4.69) is 5.32 Å². The van der Waals surface area contributed by atoms with Gasteiger partial charge in [0.1, 0.15) is 5.75 Å². The summed E-state index contributed by atoms with van der Waals surface area (Å²) < 4.78 is 5.08. The van der Waals surface area contributed by atoms with E-state index >= 15 is 0 Å². The van der Waals surface area contributed by atoms with Gasteiger partial charge in [-0.3, -0.25) is 0 Å². The highest BCUT2D eigenvalue weighted by Gasteiger charge is 2.16. The van der Waals surface area contributed by atoms with Crippen LogP contribution in [0.3, 0.4) is 0 Å². The number of aliphatic carboxylic acids is 1. The molecule has 0 aliphatic carbocycles. The Hall–Kier alpha value is -2.28. The number of nitrogens with one attached hydrogen (secondary N) is 1. The summed E-state index contributed by atoms with van der Waals surface area (Å²) in [6.45, 7) is 1.06. The molecule has 1 aromatic rings. The fourth-order valence-corrected chi connectivity index (χ4v) is 1.36. The number of carboxylic acids is 1. The van der Waals surface area contributed by atoms with Gasteiger partial charge in [0.15, 0.2) is 6.61 Å². The number of carbonyl (C=O) groups excluding carboxylic acids is 1. The van der Waals surface area contributed by atoms with Crippen LogP contribution < -0.4 is 10.1 Å². The predicted octanol–water partition coefficient (Wildman–Crippen LogP) is 0.995. The second-order valence-electron chi connectivity index (χ2n) is 4.25. The average molecular weight is 282 g/mol. The number of aliphatic hydroxyl groups excluding tert-OH is 1.